The first-order valence-corrected chi connectivity index (χ1v) is 7.02. The maximum absolute atomic E-state index is 11.6. The van der Waals surface area contributed by atoms with Crippen molar-refractivity contribution in [2.45, 2.75) is 32.7 Å². The van der Waals surface area contributed by atoms with Crippen LogP contribution in [-0.4, -0.2) is 31.0 Å². The molecule has 21 heavy (non-hydrogen) atoms. The molecule has 0 aliphatic rings. The van der Waals surface area contributed by atoms with Crippen molar-refractivity contribution in [3.63, 3.8) is 0 Å². The van der Waals surface area contributed by atoms with Crippen LogP contribution in [0.1, 0.15) is 26.7 Å². The summed E-state index contributed by atoms with van der Waals surface area (Å²) in [5.41, 5.74) is 6.27. The Kier molecular flexibility index (Phi) is 7.08. The molecular formula is C15H23N3O3. The van der Waals surface area contributed by atoms with E-state index in [2.05, 4.69) is 10.6 Å². The van der Waals surface area contributed by atoms with Crippen molar-refractivity contribution in [2.75, 3.05) is 18.9 Å². The fraction of sp³-hybridized carbons (Fsp3) is 0.467. The summed E-state index contributed by atoms with van der Waals surface area (Å²) in [5, 5.41) is 5.44. The second-order valence-electron chi connectivity index (χ2n) is 4.96. The van der Waals surface area contributed by atoms with Gasteiger partial charge in [0.2, 0.25) is 11.8 Å². The minimum Gasteiger partial charge on any atom is -0.491 e. The highest BCUT2D eigenvalue weighted by Gasteiger charge is 2.06. The molecule has 2 amide bonds. The molecule has 6 heteroatoms. The summed E-state index contributed by atoms with van der Waals surface area (Å²) in [5.74, 6) is 0.349. The van der Waals surface area contributed by atoms with Crippen molar-refractivity contribution in [3.05, 3.63) is 24.3 Å². The molecule has 1 aromatic rings. The molecule has 0 saturated heterocycles. The highest BCUT2D eigenvalue weighted by atomic mass is 16.5. The zero-order chi connectivity index (χ0) is 15.7. The van der Waals surface area contributed by atoms with Crippen molar-refractivity contribution >= 4 is 17.5 Å². The topological polar surface area (TPSA) is 93.5 Å². The van der Waals surface area contributed by atoms with Crippen LogP contribution >= 0.6 is 0 Å². The van der Waals surface area contributed by atoms with Crippen molar-refractivity contribution in [1.82, 2.24) is 10.6 Å². The molecule has 0 heterocycles. The highest BCUT2D eigenvalue weighted by Crippen LogP contribution is 2.19. The molecule has 4 N–H and O–H groups in total. The lowest BCUT2D eigenvalue weighted by molar-refractivity contribution is -0.122. The number of para-hydroxylation sites is 2. The Labute approximate surface area is 125 Å². The largest absolute Gasteiger partial charge is 0.491 e. The maximum Gasteiger partial charge on any atom is 0.223 e. The van der Waals surface area contributed by atoms with Crippen LogP contribution < -0.4 is 21.1 Å². The number of ether oxygens (including phenoxy) is 1. The van der Waals surface area contributed by atoms with Crippen LogP contribution in [0.15, 0.2) is 24.3 Å². The molecule has 0 radical (unpaired) electrons. The lowest BCUT2D eigenvalue weighted by Crippen LogP contribution is -2.34. The van der Waals surface area contributed by atoms with Gasteiger partial charge in [0, 0.05) is 19.0 Å². The lowest BCUT2D eigenvalue weighted by Gasteiger charge is -2.10. The number of nitrogens with one attached hydrogen (secondary N) is 2. The summed E-state index contributed by atoms with van der Waals surface area (Å²) in [7, 11) is 0. The number of nitrogen functional groups attached to an aromatic ring is 1. The molecule has 0 atom stereocenters. The number of carbonyl (C=O) groups is 2. The summed E-state index contributed by atoms with van der Waals surface area (Å²) in [4.78, 5) is 22.9. The molecule has 0 spiro atoms. The standard InChI is InChI=1S/C15H23N3O3/c1-11(2)18-15(20)7-9-17-14(19)8-10-21-13-6-4-3-5-12(13)16/h3-6,11H,7-10,16H2,1-2H3,(H,17,19)(H,18,20). The van der Waals surface area contributed by atoms with E-state index < -0.39 is 0 Å². The zero-order valence-corrected chi connectivity index (χ0v) is 12.5. The van der Waals surface area contributed by atoms with Gasteiger partial charge in [0.1, 0.15) is 5.75 Å². The van der Waals surface area contributed by atoms with E-state index in [4.69, 9.17) is 10.5 Å². The third kappa shape index (κ3) is 7.20. The molecule has 0 fully saturated rings. The number of anilines is 1. The first-order chi connectivity index (χ1) is 9.99. The Morgan fingerprint density at radius 1 is 1.19 bits per heavy atom. The van der Waals surface area contributed by atoms with Gasteiger partial charge in [-0.05, 0) is 26.0 Å². The SMILES string of the molecule is CC(C)NC(=O)CCNC(=O)CCOc1ccccc1N. The fourth-order valence-electron chi connectivity index (χ4n) is 1.66. The Morgan fingerprint density at radius 2 is 1.90 bits per heavy atom. The second-order valence-corrected chi connectivity index (χ2v) is 4.96. The third-order valence-electron chi connectivity index (χ3n) is 2.63. The van der Waals surface area contributed by atoms with E-state index in [9.17, 15) is 9.59 Å². The number of carbonyl (C=O) groups excluding carboxylic acids is 2. The number of benzene rings is 1. The normalized spacial score (nSPS) is 10.2. The number of rotatable bonds is 8. The number of hydrogen-bond donors (Lipinski definition) is 3. The predicted molar refractivity (Wildman–Crippen MR) is 81.9 cm³/mol. The third-order valence-corrected chi connectivity index (χ3v) is 2.63. The Bertz CT molecular complexity index is 475. The van der Waals surface area contributed by atoms with E-state index in [0.29, 0.717) is 18.0 Å². The molecule has 1 rings (SSSR count). The molecule has 6 nitrogen and oxygen atoms in total. The molecule has 116 valence electrons. The Balaban J connectivity index is 2.14. The summed E-state index contributed by atoms with van der Waals surface area (Å²) in [6.07, 6.45) is 0.497. The quantitative estimate of drug-likeness (QED) is 0.625. The number of amides is 2. The van der Waals surface area contributed by atoms with Crippen molar-refractivity contribution in [2.24, 2.45) is 0 Å². The minimum atomic E-state index is -0.151. The van der Waals surface area contributed by atoms with Crippen molar-refractivity contribution < 1.29 is 14.3 Å². The molecule has 0 aliphatic heterocycles. The van der Waals surface area contributed by atoms with Crippen LogP contribution in [0, 0.1) is 0 Å². The van der Waals surface area contributed by atoms with Crippen LogP contribution in [0.2, 0.25) is 0 Å². The Hall–Kier alpha value is -2.24. The van der Waals surface area contributed by atoms with E-state index in [-0.39, 0.29) is 37.3 Å². The number of nitrogens with two attached hydrogens (primary N) is 1. The fourth-order valence-corrected chi connectivity index (χ4v) is 1.66. The van der Waals surface area contributed by atoms with Gasteiger partial charge in [0.05, 0.1) is 18.7 Å². The van der Waals surface area contributed by atoms with Gasteiger partial charge in [0.15, 0.2) is 0 Å². The minimum absolute atomic E-state index is 0.0707. The summed E-state index contributed by atoms with van der Waals surface area (Å²) < 4.78 is 5.42. The monoisotopic (exact) mass is 293 g/mol. The van der Waals surface area contributed by atoms with E-state index in [0.717, 1.165) is 0 Å². The smallest absolute Gasteiger partial charge is 0.223 e. The van der Waals surface area contributed by atoms with Gasteiger partial charge < -0.3 is 21.1 Å². The van der Waals surface area contributed by atoms with Crippen LogP contribution in [0.25, 0.3) is 0 Å². The molecule has 0 bridgehead atoms. The molecule has 1 aromatic carbocycles. The van der Waals surface area contributed by atoms with Gasteiger partial charge in [-0.1, -0.05) is 12.1 Å². The van der Waals surface area contributed by atoms with Crippen LogP contribution in [0.3, 0.4) is 0 Å². The summed E-state index contributed by atoms with van der Waals surface area (Å²) in [6.45, 7) is 4.36. The van der Waals surface area contributed by atoms with E-state index in [1.165, 1.54) is 0 Å². The van der Waals surface area contributed by atoms with Gasteiger partial charge in [-0.2, -0.15) is 0 Å². The van der Waals surface area contributed by atoms with Gasteiger partial charge >= 0.3 is 0 Å². The molecular weight excluding hydrogens is 270 g/mol. The van der Waals surface area contributed by atoms with E-state index in [1.807, 2.05) is 26.0 Å². The van der Waals surface area contributed by atoms with Gasteiger partial charge in [-0.15, -0.1) is 0 Å². The van der Waals surface area contributed by atoms with Gasteiger partial charge in [-0.3, -0.25) is 9.59 Å². The summed E-state index contributed by atoms with van der Waals surface area (Å²) >= 11 is 0. The van der Waals surface area contributed by atoms with Gasteiger partial charge in [0.25, 0.3) is 0 Å². The first kappa shape index (κ1) is 16.8. The number of hydrogen-bond acceptors (Lipinski definition) is 4. The highest BCUT2D eigenvalue weighted by molar-refractivity contribution is 5.79. The molecule has 0 unspecified atom stereocenters. The first-order valence-electron chi connectivity index (χ1n) is 7.02. The molecule has 0 aromatic heterocycles. The van der Waals surface area contributed by atoms with Crippen molar-refractivity contribution in [1.29, 1.82) is 0 Å². The van der Waals surface area contributed by atoms with Crippen LogP contribution in [0.4, 0.5) is 5.69 Å². The van der Waals surface area contributed by atoms with E-state index >= 15 is 0 Å². The second kappa shape index (κ2) is 8.84. The maximum atomic E-state index is 11.6. The Morgan fingerprint density at radius 3 is 2.57 bits per heavy atom. The van der Waals surface area contributed by atoms with Crippen molar-refractivity contribution in [3.8, 4) is 5.75 Å². The van der Waals surface area contributed by atoms with Crippen LogP contribution in [0.5, 0.6) is 5.75 Å². The zero-order valence-electron chi connectivity index (χ0n) is 12.5. The van der Waals surface area contributed by atoms with Crippen LogP contribution in [-0.2, 0) is 9.59 Å². The predicted octanol–water partition coefficient (Wildman–Crippen LogP) is 1.07. The van der Waals surface area contributed by atoms with E-state index in [1.54, 1.807) is 12.1 Å². The molecule has 0 saturated carbocycles. The molecule has 0 aliphatic carbocycles. The average molecular weight is 293 g/mol. The lowest BCUT2D eigenvalue weighted by atomic mass is 10.3. The summed E-state index contributed by atoms with van der Waals surface area (Å²) in [6, 6.07) is 7.24. The van der Waals surface area contributed by atoms with Gasteiger partial charge in [-0.25, -0.2) is 0 Å². The average Bonchev–Trinajstić information content (AvgIpc) is 2.40.